The highest BCUT2D eigenvalue weighted by molar-refractivity contribution is 5.97. The van der Waals surface area contributed by atoms with Gasteiger partial charge in [0.05, 0.1) is 17.5 Å². The topological polar surface area (TPSA) is 79.3 Å². The number of rotatable bonds is 4. The standard InChI is InChI=1S/C30H36N2O5/c1-17(33)37-30-11-10-22(32-16-20-4-2-3-5-21(20)28(32)35)27-29(30)12-13-31(15-18-6-7-18)24(30)14-19-8-9-23(34)26(36-27)25(19)29/h8-9,18,22,24,27,34H,2-7,10-16H2,1H3/t22-,24+,27+,29+,30-/m1/s1. The minimum absolute atomic E-state index is 0.0846. The number of benzene rings is 1. The molecular formula is C30H36N2O5. The Bertz CT molecular complexity index is 1250. The summed E-state index contributed by atoms with van der Waals surface area (Å²) in [5, 5.41) is 11.0. The van der Waals surface area contributed by atoms with Crippen LogP contribution >= 0.6 is 0 Å². The second kappa shape index (κ2) is 7.52. The molecule has 1 saturated heterocycles. The van der Waals surface area contributed by atoms with Crippen LogP contribution < -0.4 is 4.74 Å². The number of phenols is 1. The van der Waals surface area contributed by atoms with Gasteiger partial charge >= 0.3 is 5.97 Å². The second-order valence-electron chi connectivity index (χ2n) is 12.7. The number of amides is 1. The molecule has 3 heterocycles. The summed E-state index contributed by atoms with van der Waals surface area (Å²) in [5.41, 5.74) is 3.32. The van der Waals surface area contributed by atoms with Gasteiger partial charge in [0.2, 0.25) is 5.91 Å². The second-order valence-corrected chi connectivity index (χ2v) is 12.7. The van der Waals surface area contributed by atoms with Crippen molar-refractivity contribution in [2.75, 3.05) is 19.6 Å². The molecule has 0 aromatic heterocycles. The Morgan fingerprint density at radius 2 is 2.03 bits per heavy atom. The first-order valence-corrected chi connectivity index (χ1v) is 14.4. The number of ether oxygens (including phenoxy) is 2. The Morgan fingerprint density at radius 1 is 1.19 bits per heavy atom. The van der Waals surface area contributed by atoms with E-state index in [9.17, 15) is 14.7 Å². The molecule has 2 bridgehead atoms. The third kappa shape index (κ3) is 2.82. The Labute approximate surface area is 217 Å². The average Bonchev–Trinajstić information content (AvgIpc) is 3.54. The van der Waals surface area contributed by atoms with Crippen LogP contribution in [0, 0.1) is 5.92 Å². The minimum atomic E-state index is -0.713. The maximum Gasteiger partial charge on any atom is 0.303 e. The van der Waals surface area contributed by atoms with Crippen LogP contribution in [0.2, 0.25) is 0 Å². The zero-order valence-electron chi connectivity index (χ0n) is 21.6. The number of aromatic hydroxyl groups is 1. The Morgan fingerprint density at radius 3 is 2.81 bits per heavy atom. The third-order valence-electron chi connectivity index (χ3n) is 10.9. The molecule has 1 amide bonds. The lowest BCUT2D eigenvalue weighted by Gasteiger charge is -2.65. The van der Waals surface area contributed by atoms with E-state index in [-0.39, 0.29) is 35.8 Å². The van der Waals surface area contributed by atoms with Crippen LogP contribution in [0.4, 0.5) is 0 Å². The Hall–Kier alpha value is -2.54. The zero-order chi connectivity index (χ0) is 25.1. The molecule has 1 aromatic rings. The molecular weight excluding hydrogens is 468 g/mol. The molecule has 4 aliphatic carbocycles. The molecule has 3 aliphatic heterocycles. The van der Waals surface area contributed by atoms with Gasteiger partial charge < -0.3 is 19.5 Å². The molecule has 7 nitrogen and oxygen atoms in total. The predicted molar refractivity (Wildman–Crippen MR) is 135 cm³/mol. The maximum absolute atomic E-state index is 13.7. The van der Waals surface area contributed by atoms with E-state index in [2.05, 4.69) is 15.9 Å². The molecule has 5 atom stereocenters. The van der Waals surface area contributed by atoms with Crippen molar-refractivity contribution in [3.8, 4) is 11.5 Å². The summed E-state index contributed by atoms with van der Waals surface area (Å²) in [5.74, 6) is 1.39. The highest BCUT2D eigenvalue weighted by Gasteiger charge is 2.76. The van der Waals surface area contributed by atoms with Crippen LogP contribution in [0.3, 0.4) is 0 Å². The van der Waals surface area contributed by atoms with Gasteiger partial charge in [0.1, 0.15) is 11.7 Å². The number of phenolic OH excluding ortho intramolecular Hbond substituents is 1. The monoisotopic (exact) mass is 504 g/mol. The number of piperidine rings is 1. The first-order chi connectivity index (χ1) is 17.9. The summed E-state index contributed by atoms with van der Waals surface area (Å²) >= 11 is 0. The quantitative estimate of drug-likeness (QED) is 0.632. The van der Waals surface area contributed by atoms with Crippen LogP contribution in [-0.2, 0) is 26.2 Å². The molecule has 7 aliphatic rings. The van der Waals surface area contributed by atoms with Gasteiger partial charge in [0.15, 0.2) is 11.5 Å². The van der Waals surface area contributed by atoms with Gasteiger partial charge in [-0.05, 0) is 93.9 Å². The number of hydrogen-bond donors (Lipinski definition) is 1. The van der Waals surface area contributed by atoms with Crippen molar-refractivity contribution in [3.05, 3.63) is 34.4 Å². The van der Waals surface area contributed by atoms with Crippen molar-refractivity contribution in [3.63, 3.8) is 0 Å². The fraction of sp³-hybridized carbons (Fsp3) is 0.667. The van der Waals surface area contributed by atoms with Crippen molar-refractivity contribution in [2.24, 2.45) is 5.92 Å². The van der Waals surface area contributed by atoms with Gasteiger partial charge in [-0.25, -0.2) is 0 Å². The summed E-state index contributed by atoms with van der Waals surface area (Å²) in [6, 6.07) is 3.80. The van der Waals surface area contributed by atoms with E-state index >= 15 is 0 Å². The molecule has 2 saturated carbocycles. The Kier molecular flexibility index (Phi) is 4.56. The molecule has 196 valence electrons. The maximum atomic E-state index is 13.7. The van der Waals surface area contributed by atoms with Crippen LogP contribution in [0.5, 0.6) is 11.5 Å². The summed E-state index contributed by atoms with van der Waals surface area (Å²) in [6.45, 7) is 4.21. The van der Waals surface area contributed by atoms with Gasteiger partial charge in [-0.2, -0.15) is 0 Å². The van der Waals surface area contributed by atoms with E-state index in [4.69, 9.17) is 9.47 Å². The lowest BCUT2D eigenvalue weighted by Crippen LogP contribution is -2.79. The molecule has 3 fully saturated rings. The third-order valence-corrected chi connectivity index (χ3v) is 10.9. The zero-order valence-corrected chi connectivity index (χ0v) is 21.6. The molecule has 1 aromatic carbocycles. The number of likely N-dealkylation sites (tertiary alicyclic amines) is 1. The lowest BCUT2D eigenvalue weighted by molar-refractivity contribution is -0.223. The van der Waals surface area contributed by atoms with E-state index < -0.39 is 11.0 Å². The van der Waals surface area contributed by atoms with Crippen LogP contribution in [0.25, 0.3) is 0 Å². The molecule has 37 heavy (non-hydrogen) atoms. The first-order valence-electron chi connectivity index (χ1n) is 14.4. The van der Waals surface area contributed by atoms with Gasteiger partial charge in [-0.1, -0.05) is 6.07 Å². The highest BCUT2D eigenvalue weighted by Crippen LogP contribution is 2.67. The number of hydrogen-bond acceptors (Lipinski definition) is 6. The first kappa shape index (κ1) is 22.4. The largest absolute Gasteiger partial charge is 0.504 e. The van der Waals surface area contributed by atoms with Crippen molar-refractivity contribution >= 4 is 11.9 Å². The van der Waals surface area contributed by atoms with E-state index in [1.165, 1.54) is 30.9 Å². The predicted octanol–water partition coefficient (Wildman–Crippen LogP) is 3.61. The number of carbonyl (C=O) groups excluding carboxylic acids is 2. The van der Waals surface area contributed by atoms with E-state index in [1.54, 1.807) is 6.07 Å². The minimum Gasteiger partial charge on any atom is -0.504 e. The van der Waals surface area contributed by atoms with Crippen LogP contribution in [0.15, 0.2) is 23.3 Å². The Balaban J connectivity index is 1.27. The number of esters is 1. The molecule has 0 unspecified atom stereocenters. The van der Waals surface area contributed by atoms with Crippen molar-refractivity contribution in [1.82, 2.24) is 9.80 Å². The summed E-state index contributed by atoms with van der Waals surface area (Å²) < 4.78 is 13.3. The SMILES string of the molecule is CC(=O)O[C@@]12CC[C@@H](N3CC4=C(CCCC4)C3=O)[C@@H]3Oc4c(O)ccc5c4[C@@]31CCN(CC1CC1)[C@H]2C5. The van der Waals surface area contributed by atoms with Crippen LogP contribution in [-0.4, -0.2) is 70.2 Å². The van der Waals surface area contributed by atoms with Crippen molar-refractivity contribution < 1.29 is 24.2 Å². The molecule has 0 radical (unpaired) electrons. The smallest absolute Gasteiger partial charge is 0.303 e. The van der Waals surface area contributed by atoms with Crippen molar-refractivity contribution in [2.45, 2.75) is 100 Å². The van der Waals surface area contributed by atoms with Gasteiger partial charge in [-0.3, -0.25) is 14.5 Å². The lowest BCUT2D eigenvalue weighted by atomic mass is 9.48. The van der Waals surface area contributed by atoms with Crippen molar-refractivity contribution in [1.29, 1.82) is 0 Å². The number of carbonyl (C=O) groups is 2. The normalized spacial score (nSPS) is 37.8. The summed E-state index contributed by atoms with van der Waals surface area (Å²) in [7, 11) is 0. The molecule has 8 rings (SSSR count). The molecule has 1 spiro atoms. The summed E-state index contributed by atoms with van der Waals surface area (Å²) in [4.78, 5) is 31.2. The van der Waals surface area contributed by atoms with Gasteiger partial charge in [0.25, 0.3) is 0 Å². The average molecular weight is 505 g/mol. The number of nitrogens with zero attached hydrogens (tertiary/aromatic N) is 2. The highest BCUT2D eigenvalue weighted by atomic mass is 16.6. The van der Waals surface area contributed by atoms with E-state index in [0.29, 0.717) is 18.7 Å². The summed E-state index contributed by atoms with van der Waals surface area (Å²) in [6.07, 6.45) is 9.44. The van der Waals surface area contributed by atoms with Gasteiger partial charge in [0, 0.05) is 31.1 Å². The van der Waals surface area contributed by atoms with Gasteiger partial charge in [-0.15, -0.1) is 0 Å². The van der Waals surface area contributed by atoms with E-state index in [1.807, 2.05) is 0 Å². The van der Waals surface area contributed by atoms with E-state index in [0.717, 1.165) is 75.1 Å². The fourth-order valence-corrected chi connectivity index (χ4v) is 9.33. The van der Waals surface area contributed by atoms with Crippen LogP contribution in [0.1, 0.15) is 75.8 Å². The molecule has 7 heteroatoms. The fourth-order valence-electron chi connectivity index (χ4n) is 9.33. The molecule has 1 N–H and O–H groups in total.